The third-order valence-electron chi connectivity index (χ3n) is 3.89. The standard InChI is InChI=1S/C14H18ClN3O2/c1-8-6-14(7-8,12(16)18-20)13(19)17-11-9(2)4-3-5-10(11)15/h3-5,8,20H,6-7H2,1-2H3,(H2,16,18)(H,17,19). The number of oxime groups is 1. The summed E-state index contributed by atoms with van der Waals surface area (Å²) in [6.07, 6.45) is 1.14. The summed E-state index contributed by atoms with van der Waals surface area (Å²) in [6.45, 7) is 3.89. The molecule has 2 rings (SSSR count). The number of anilines is 1. The van der Waals surface area contributed by atoms with Gasteiger partial charge in [0.2, 0.25) is 5.91 Å². The summed E-state index contributed by atoms with van der Waals surface area (Å²) in [5.41, 5.74) is 6.22. The van der Waals surface area contributed by atoms with Crippen molar-refractivity contribution in [1.82, 2.24) is 0 Å². The van der Waals surface area contributed by atoms with Gasteiger partial charge in [0.1, 0.15) is 5.41 Å². The number of rotatable bonds is 3. The second-order valence-electron chi connectivity index (χ2n) is 5.47. The lowest BCUT2D eigenvalue weighted by atomic mass is 9.61. The zero-order valence-electron chi connectivity index (χ0n) is 11.5. The van der Waals surface area contributed by atoms with E-state index in [2.05, 4.69) is 10.5 Å². The van der Waals surface area contributed by atoms with Gasteiger partial charge in [0.25, 0.3) is 0 Å². The summed E-state index contributed by atoms with van der Waals surface area (Å²) in [7, 11) is 0. The summed E-state index contributed by atoms with van der Waals surface area (Å²) in [6, 6.07) is 5.39. The summed E-state index contributed by atoms with van der Waals surface area (Å²) < 4.78 is 0. The number of hydrogen-bond donors (Lipinski definition) is 3. The topological polar surface area (TPSA) is 87.7 Å². The molecule has 1 saturated carbocycles. The molecule has 0 heterocycles. The van der Waals surface area contributed by atoms with Gasteiger partial charge in [-0.1, -0.05) is 35.8 Å². The Morgan fingerprint density at radius 3 is 2.70 bits per heavy atom. The smallest absolute Gasteiger partial charge is 0.238 e. The van der Waals surface area contributed by atoms with E-state index in [4.69, 9.17) is 22.5 Å². The second-order valence-corrected chi connectivity index (χ2v) is 5.87. The first kappa shape index (κ1) is 14.7. The first-order valence-electron chi connectivity index (χ1n) is 6.45. The van der Waals surface area contributed by atoms with Crippen LogP contribution < -0.4 is 11.1 Å². The van der Waals surface area contributed by atoms with Gasteiger partial charge >= 0.3 is 0 Å². The molecule has 1 aliphatic carbocycles. The Kier molecular flexibility index (Phi) is 3.90. The number of carbonyl (C=O) groups is 1. The third-order valence-corrected chi connectivity index (χ3v) is 4.20. The largest absolute Gasteiger partial charge is 0.409 e. The van der Waals surface area contributed by atoms with Crippen LogP contribution in [0, 0.1) is 18.3 Å². The van der Waals surface area contributed by atoms with E-state index in [1.54, 1.807) is 6.07 Å². The molecule has 0 spiro atoms. The molecule has 1 fully saturated rings. The number of nitrogens with one attached hydrogen (secondary N) is 1. The van der Waals surface area contributed by atoms with Crippen molar-refractivity contribution in [2.45, 2.75) is 26.7 Å². The summed E-state index contributed by atoms with van der Waals surface area (Å²) in [5, 5.41) is 15.2. The van der Waals surface area contributed by atoms with Gasteiger partial charge in [-0.15, -0.1) is 0 Å². The lowest BCUT2D eigenvalue weighted by molar-refractivity contribution is -0.127. The Morgan fingerprint density at radius 1 is 1.55 bits per heavy atom. The van der Waals surface area contributed by atoms with E-state index < -0.39 is 5.41 Å². The van der Waals surface area contributed by atoms with Crippen molar-refractivity contribution < 1.29 is 10.0 Å². The Balaban J connectivity index is 2.27. The van der Waals surface area contributed by atoms with Crippen LogP contribution in [0.5, 0.6) is 0 Å². The van der Waals surface area contributed by atoms with Crippen LogP contribution in [0.25, 0.3) is 0 Å². The molecule has 0 atom stereocenters. The maximum atomic E-state index is 12.5. The van der Waals surface area contributed by atoms with Gasteiger partial charge in [-0.25, -0.2) is 0 Å². The van der Waals surface area contributed by atoms with Crippen LogP contribution in [0.15, 0.2) is 23.4 Å². The van der Waals surface area contributed by atoms with E-state index in [0.29, 0.717) is 29.5 Å². The summed E-state index contributed by atoms with van der Waals surface area (Å²) in [5.74, 6) is 0.0494. The first-order valence-corrected chi connectivity index (χ1v) is 6.83. The van der Waals surface area contributed by atoms with Gasteiger partial charge < -0.3 is 16.3 Å². The van der Waals surface area contributed by atoms with Crippen molar-refractivity contribution >= 4 is 29.0 Å². The normalized spacial score (nSPS) is 25.9. The number of nitrogens with zero attached hydrogens (tertiary/aromatic N) is 1. The number of aryl methyl sites for hydroxylation is 1. The highest BCUT2D eigenvalue weighted by Crippen LogP contribution is 2.46. The molecule has 0 bridgehead atoms. The van der Waals surface area contributed by atoms with Crippen LogP contribution in [-0.2, 0) is 4.79 Å². The molecule has 4 N–H and O–H groups in total. The molecule has 6 heteroatoms. The summed E-state index contributed by atoms with van der Waals surface area (Å²) >= 11 is 6.10. The number of carbonyl (C=O) groups excluding carboxylic acids is 1. The fourth-order valence-corrected chi connectivity index (χ4v) is 3.03. The SMILES string of the molecule is Cc1cccc(Cl)c1NC(=O)C1(/C(N)=N/O)CC(C)C1. The van der Waals surface area contributed by atoms with Crippen molar-refractivity contribution in [3.8, 4) is 0 Å². The fraction of sp³-hybridized carbons (Fsp3) is 0.429. The molecule has 5 nitrogen and oxygen atoms in total. The molecule has 0 radical (unpaired) electrons. The van der Waals surface area contributed by atoms with Crippen LogP contribution in [-0.4, -0.2) is 17.0 Å². The van der Waals surface area contributed by atoms with Crippen LogP contribution >= 0.6 is 11.6 Å². The van der Waals surface area contributed by atoms with Crippen LogP contribution in [0.1, 0.15) is 25.3 Å². The monoisotopic (exact) mass is 295 g/mol. The van der Waals surface area contributed by atoms with Gasteiger partial charge in [-0.2, -0.15) is 0 Å². The summed E-state index contributed by atoms with van der Waals surface area (Å²) in [4.78, 5) is 12.5. The van der Waals surface area contributed by atoms with E-state index in [1.807, 2.05) is 26.0 Å². The lowest BCUT2D eigenvalue weighted by Gasteiger charge is -2.43. The van der Waals surface area contributed by atoms with Crippen LogP contribution in [0.4, 0.5) is 5.69 Å². The quantitative estimate of drug-likeness (QED) is 0.347. The predicted molar refractivity (Wildman–Crippen MR) is 79.1 cm³/mol. The zero-order valence-corrected chi connectivity index (χ0v) is 12.2. The molecule has 0 saturated heterocycles. The molecular formula is C14H18ClN3O2. The number of amides is 1. The minimum Gasteiger partial charge on any atom is -0.409 e. The number of halogens is 1. The Labute approximate surface area is 122 Å². The highest BCUT2D eigenvalue weighted by Gasteiger charge is 2.52. The molecule has 0 aliphatic heterocycles. The maximum absolute atomic E-state index is 12.5. The average Bonchev–Trinajstić information content (AvgIpc) is 2.38. The van der Waals surface area contributed by atoms with Crippen LogP contribution in [0.3, 0.4) is 0 Å². The Hall–Kier alpha value is -1.75. The predicted octanol–water partition coefficient (Wildman–Crippen LogP) is 2.75. The molecule has 1 aliphatic rings. The van der Waals surface area contributed by atoms with Crippen LogP contribution in [0.2, 0.25) is 5.02 Å². The molecule has 20 heavy (non-hydrogen) atoms. The average molecular weight is 296 g/mol. The highest BCUT2D eigenvalue weighted by atomic mass is 35.5. The number of para-hydroxylation sites is 1. The van der Waals surface area contributed by atoms with Crippen molar-refractivity contribution in [2.75, 3.05) is 5.32 Å². The molecule has 1 amide bonds. The maximum Gasteiger partial charge on any atom is 0.238 e. The number of amidine groups is 1. The number of nitrogens with two attached hydrogens (primary N) is 1. The molecule has 0 unspecified atom stereocenters. The number of benzene rings is 1. The highest BCUT2D eigenvalue weighted by molar-refractivity contribution is 6.34. The van der Waals surface area contributed by atoms with E-state index in [1.165, 1.54) is 0 Å². The molecule has 1 aromatic rings. The first-order chi connectivity index (χ1) is 9.40. The molecule has 0 aromatic heterocycles. The Bertz CT molecular complexity index is 545. The van der Waals surface area contributed by atoms with Crippen molar-refractivity contribution in [3.05, 3.63) is 28.8 Å². The van der Waals surface area contributed by atoms with E-state index in [0.717, 1.165) is 5.56 Å². The Morgan fingerprint density at radius 2 is 2.20 bits per heavy atom. The van der Waals surface area contributed by atoms with Gasteiger partial charge in [-0.3, -0.25) is 4.79 Å². The fourth-order valence-electron chi connectivity index (χ4n) is 2.76. The minimum absolute atomic E-state index is 0.0437. The zero-order chi connectivity index (χ0) is 14.9. The molecule has 1 aromatic carbocycles. The third kappa shape index (κ3) is 2.33. The van der Waals surface area contributed by atoms with Crippen molar-refractivity contribution in [3.63, 3.8) is 0 Å². The van der Waals surface area contributed by atoms with E-state index in [-0.39, 0.29) is 11.7 Å². The lowest BCUT2D eigenvalue weighted by Crippen LogP contribution is -2.54. The van der Waals surface area contributed by atoms with E-state index >= 15 is 0 Å². The van der Waals surface area contributed by atoms with Crippen molar-refractivity contribution in [2.24, 2.45) is 22.2 Å². The number of hydrogen-bond acceptors (Lipinski definition) is 3. The molecular weight excluding hydrogens is 278 g/mol. The van der Waals surface area contributed by atoms with E-state index in [9.17, 15) is 4.79 Å². The molecule has 108 valence electrons. The minimum atomic E-state index is -0.931. The second kappa shape index (κ2) is 5.32. The van der Waals surface area contributed by atoms with Gasteiger partial charge in [0, 0.05) is 0 Å². The van der Waals surface area contributed by atoms with Crippen molar-refractivity contribution in [1.29, 1.82) is 0 Å². The van der Waals surface area contributed by atoms with Gasteiger partial charge in [-0.05, 0) is 37.3 Å². The van der Waals surface area contributed by atoms with Gasteiger partial charge in [0.05, 0.1) is 10.7 Å². The van der Waals surface area contributed by atoms with Gasteiger partial charge in [0.15, 0.2) is 5.84 Å².